The van der Waals surface area contributed by atoms with Crippen LogP contribution in [0.25, 0.3) is 0 Å². The van der Waals surface area contributed by atoms with E-state index in [4.69, 9.17) is 9.15 Å². The number of hydrogen-bond acceptors (Lipinski definition) is 5. The van der Waals surface area contributed by atoms with Crippen LogP contribution in [0.4, 0.5) is 4.39 Å². The number of nitrogens with zero attached hydrogens (tertiary/aromatic N) is 2. The van der Waals surface area contributed by atoms with E-state index in [0.717, 1.165) is 42.9 Å². The third-order valence-corrected chi connectivity index (χ3v) is 4.40. The molecule has 1 saturated carbocycles. The van der Waals surface area contributed by atoms with E-state index in [-0.39, 0.29) is 5.82 Å². The summed E-state index contributed by atoms with van der Waals surface area (Å²) in [7, 11) is 1.61. The largest absolute Gasteiger partial charge is 0.496 e. The van der Waals surface area contributed by atoms with Gasteiger partial charge in [0.05, 0.1) is 7.11 Å². The zero-order chi connectivity index (χ0) is 16.2. The van der Waals surface area contributed by atoms with Crippen molar-refractivity contribution in [3.8, 4) is 5.75 Å². The van der Waals surface area contributed by atoms with E-state index >= 15 is 0 Å². The SMILES string of the molecule is COc1ccc(F)cc1CN[C@H]1CC[C@@H](Cc2nnc(C)o2)C1. The van der Waals surface area contributed by atoms with Crippen LogP contribution in [0, 0.1) is 18.7 Å². The summed E-state index contributed by atoms with van der Waals surface area (Å²) < 4.78 is 24.1. The van der Waals surface area contributed by atoms with Gasteiger partial charge >= 0.3 is 0 Å². The van der Waals surface area contributed by atoms with E-state index in [1.54, 1.807) is 13.2 Å². The monoisotopic (exact) mass is 319 g/mol. The molecule has 1 heterocycles. The van der Waals surface area contributed by atoms with Gasteiger partial charge in [0.15, 0.2) is 0 Å². The number of rotatable bonds is 6. The van der Waals surface area contributed by atoms with Gasteiger partial charge in [-0.2, -0.15) is 0 Å². The molecule has 0 saturated heterocycles. The molecule has 6 heteroatoms. The molecule has 0 amide bonds. The molecule has 1 aromatic carbocycles. The lowest BCUT2D eigenvalue weighted by Crippen LogP contribution is -2.26. The first-order valence-corrected chi connectivity index (χ1v) is 7.99. The summed E-state index contributed by atoms with van der Waals surface area (Å²) in [6, 6.07) is 5.04. The van der Waals surface area contributed by atoms with E-state index in [9.17, 15) is 4.39 Å². The van der Waals surface area contributed by atoms with Gasteiger partial charge in [0.1, 0.15) is 11.6 Å². The minimum absolute atomic E-state index is 0.237. The molecule has 1 aliphatic rings. The van der Waals surface area contributed by atoms with Crippen molar-refractivity contribution in [2.75, 3.05) is 7.11 Å². The summed E-state index contributed by atoms with van der Waals surface area (Å²) in [5, 5.41) is 11.4. The molecule has 0 aliphatic heterocycles. The molecule has 2 atom stereocenters. The lowest BCUT2D eigenvalue weighted by atomic mass is 10.0. The van der Waals surface area contributed by atoms with Crippen molar-refractivity contribution in [2.45, 2.75) is 45.2 Å². The van der Waals surface area contributed by atoms with Crippen molar-refractivity contribution in [1.82, 2.24) is 15.5 Å². The highest BCUT2D eigenvalue weighted by Crippen LogP contribution is 2.29. The smallest absolute Gasteiger partial charge is 0.216 e. The second kappa shape index (κ2) is 7.08. The third kappa shape index (κ3) is 4.07. The van der Waals surface area contributed by atoms with Crippen molar-refractivity contribution in [1.29, 1.82) is 0 Å². The maximum Gasteiger partial charge on any atom is 0.216 e. The van der Waals surface area contributed by atoms with Crippen LogP contribution in [0.3, 0.4) is 0 Å². The molecule has 0 radical (unpaired) electrons. The first kappa shape index (κ1) is 15.9. The predicted molar refractivity (Wildman–Crippen MR) is 83.7 cm³/mol. The summed E-state index contributed by atoms with van der Waals surface area (Å²) in [6.45, 7) is 2.42. The van der Waals surface area contributed by atoms with Crippen molar-refractivity contribution >= 4 is 0 Å². The fraction of sp³-hybridized carbons (Fsp3) is 0.529. The van der Waals surface area contributed by atoms with Gasteiger partial charge in [0.2, 0.25) is 11.8 Å². The van der Waals surface area contributed by atoms with Crippen LogP contribution < -0.4 is 10.1 Å². The van der Waals surface area contributed by atoms with Gasteiger partial charge in [0.25, 0.3) is 0 Å². The lowest BCUT2D eigenvalue weighted by Gasteiger charge is -2.15. The van der Waals surface area contributed by atoms with Gasteiger partial charge in [-0.3, -0.25) is 0 Å². The summed E-state index contributed by atoms with van der Waals surface area (Å²) in [6.07, 6.45) is 4.15. The standard InChI is InChI=1S/C17H22FN3O2/c1-11-20-21-17(23-11)8-12-3-5-15(7-12)19-10-13-9-14(18)4-6-16(13)22-2/h4,6,9,12,15,19H,3,5,7-8,10H2,1-2H3/t12-,15+/m1/s1. The predicted octanol–water partition coefficient (Wildman–Crippen LogP) is 3.03. The molecule has 23 heavy (non-hydrogen) atoms. The van der Waals surface area contributed by atoms with Crippen LogP contribution in [0.2, 0.25) is 0 Å². The number of aromatic nitrogens is 2. The van der Waals surface area contributed by atoms with Gasteiger partial charge in [0, 0.05) is 31.5 Å². The average molecular weight is 319 g/mol. The molecular weight excluding hydrogens is 297 g/mol. The summed E-state index contributed by atoms with van der Waals surface area (Å²) >= 11 is 0. The molecule has 3 rings (SSSR count). The summed E-state index contributed by atoms with van der Waals surface area (Å²) in [5.74, 6) is 2.38. The van der Waals surface area contributed by atoms with Crippen LogP contribution in [0.15, 0.2) is 22.6 Å². The fourth-order valence-corrected chi connectivity index (χ4v) is 3.25. The number of hydrogen-bond donors (Lipinski definition) is 1. The molecule has 124 valence electrons. The minimum atomic E-state index is -0.237. The highest BCUT2D eigenvalue weighted by molar-refractivity contribution is 5.33. The topological polar surface area (TPSA) is 60.2 Å². The van der Waals surface area contributed by atoms with Gasteiger partial charge < -0.3 is 14.5 Å². The molecule has 5 nitrogen and oxygen atoms in total. The molecule has 0 spiro atoms. The van der Waals surface area contributed by atoms with Crippen molar-refractivity contribution in [2.24, 2.45) is 5.92 Å². The van der Waals surface area contributed by atoms with Gasteiger partial charge in [-0.1, -0.05) is 0 Å². The zero-order valence-electron chi connectivity index (χ0n) is 13.5. The number of benzene rings is 1. The van der Waals surface area contributed by atoms with Crippen LogP contribution in [0.1, 0.15) is 36.6 Å². The van der Waals surface area contributed by atoms with Crippen LogP contribution in [0.5, 0.6) is 5.75 Å². The molecule has 2 aromatic rings. The molecule has 1 fully saturated rings. The molecule has 1 aromatic heterocycles. The number of aryl methyl sites for hydroxylation is 1. The van der Waals surface area contributed by atoms with Crippen LogP contribution >= 0.6 is 0 Å². The normalized spacial score (nSPS) is 20.8. The minimum Gasteiger partial charge on any atom is -0.496 e. The number of halogens is 1. The summed E-state index contributed by atoms with van der Waals surface area (Å²) in [5.41, 5.74) is 0.850. The third-order valence-electron chi connectivity index (χ3n) is 4.40. The first-order valence-electron chi connectivity index (χ1n) is 7.99. The lowest BCUT2D eigenvalue weighted by molar-refractivity contribution is 0.398. The van der Waals surface area contributed by atoms with E-state index in [1.165, 1.54) is 12.1 Å². The number of methoxy groups -OCH3 is 1. The zero-order valence-corrected chi connectivity index (χ0v) is 13.5. The van der Waals surface area contributed by atoms with Crippen LogP contribution in [-0.4, -0.2) is 23.3 Å². The number of nitrogens with one attached hydrogen (secondary N) is 1. The Morgan fingerprint density at radius 3 is 2.96 bits per heavy atom. The van der Waals surface area contributed by atoms with Crippen LogP contribution in [-0.2, 0) is 13.0 Å². The maximum absolute atomic E-state index is 13.4. The Balaban J connectivity index is 1.51. The Kier molecular flexibility index (Phi) is 4.91. The van der Waals surface area contributed by atoms with Crippen molar-refractivity contribution in [3.05, 3.63) is 41.4 Å². The van der Waals surface area contributed by atoms with E-state index in [2.05, 4.69) is 15.5 Å². The molecule has 0 bridgehead atoms. The van der Waals surface area contributed by atoms with E-state index in [0.29, 0.717) is 24.4 Å². The van der Waals surface area contributed by atoms with Crippen molar-refractivity contribution < 1.29 is 13.5 Å². The molecule has 1 N–H and O–H groups in total. The molecule has 1 aliphatic carbocycles. The Labute approximate surface area is 135 Å². The second-order valence-corrected chi connectivity index (χ2v) is 6.13. The quantitative estimate of drug-likeness (QED) is 0.887. The molecule has 0 unspecified atom stereocenters. The van der Waals surface area contributed by atoms with Gasteiger partial charge in [-0.25, -0.2) is 4.39 Å². The maximum atomic E-state index is 13.4. The average Bonchev–Trinajstić information content (AvgIpc) is 3.15. The van der Waals surface area contributed by atoms with E-state index < -0.39 is 0 Å². The highest BCUT2D eigenvalue weighted by atomic mass is 19.1. The Morgan fingerprint density at radius 2 is 2.22 bits per heavy atom. The first-order chi connectivity index (χ1) is 11.1. The van der Waals surface area contributed by atoms with Gasteiger partial charge in [-0.15, -0.1) is 10.2 Å². The Bertz CT molecular complexity index is 659. The number of ether oxygens (including phenoxy) is 1. The molecular formula is C17H22FN3O2. The second-order valence-electron chi connectivity index (χ2n) is 6.13. The van der Waals surface area contributed by atoms with Crippen molar-refractivity contribution in [3.63, 3.8) is 0 Å². The fourth-order valence-electron chi connectivity index (χ4n) is 3.25. The van der Waals surface area contributed by atoms with E-state index in [1.807, 2.05) is 6.92 Å². The Morgan fingerprint density at radius 1 is 1.35 bits per heavy atom. The summed E-state index contributed by atoms with van der Waals surface area (Å²) in [4.78, 5) is 0. The van der Waals surface area contributed by atoms with Gasteiger partial charge in [-0.05, 0) is 43.4 Å². The highest BCUT2D eigenvalue weighted by Gasteiger charge is 2.26. The Hall–Kier alpha value is -1.95.